The molecule has 3 aromatic rings. The standard InChI is InChI=1S/C34H37N3O5/c1-5-23-11-15-26(16-12-23)30(31(39)35-22-25-9-7-6-8-10-25)37(27-17-18-27)32(40)29(36-33(41)42-34(2,3)4)21-24-13-19-28(38)20-14-24/h1,6-16,19-20,27,29-30,38H,17-18,21-22H2,2-4H3,(H,35,39)(H,36,41). The lowest BCUT2D eigenvalue weighted by molar-refractivity contribution is -0.143. The van der Waals surface area contributed by atoms with E-state index in [9.17, 15) is 19.5 Å². The third-order valence-corrected chi connectivity index (χ3v) is 6.79. The molecule has 218 valence electrons. The van der Waals surface area contributed by atoms with Gasteiger partial charge in [-0.15, -0.1) is 6.42 Å². The van der Waals surface area contributed by atoms with E-state index in [4.69, 9.17) is 11.2 Å². The molecule has 3 aromatic carbocycles. The number of ether oxygens (including phenoxy) is 1. The first-order valence-corrected chi connectivity index (χ1v) is 14.0. The van der Waals surface area contributed by atoms with Crippen LogP contribution in [0, 0.1) is 12.3 Å². The van der Waals surface area contributed by atoms with E-state index in [1.807, 2.05) is 30.3 Å². The highest BCUT2D eigenvalue weighted by atomic mass is 16.6. The van der Waals surface area contributed by atoms with Gasteiger partial charge in [-0.05, 0) is 74.6 Å². The van der Waals surface area contributed by atoms with Gasteiger partial charge in [0.05, 0.1) is 0 Å². The average molecular weight is 568 g/mol. The fraction of sp³-hybridized carbons (Fsp3) is 0.324. The molecule has 3 N–H and O–H groups in total. The fourth-order valence-corrected chi connectivity index (χ4v) is 4.65. The van der Waals surface area contributed by atoms with Crippen LogP contribution in [0.25, 0.3) is 0 Å². The smallest absolute Gasteiger partial charge is 0.408 e. The summed E-state index contributed by atoms with van der Waals surface area (Å²) in [5.41, 5.74) is 2.14. The Morgan fingerprint density at radius 3 is 2.19 bits per heavy atom. The number of terminal acetylenes is 1. The molecule has 1 aliphatic rings. The summed E-state index contributed by atoms with van der Waals surface area (Å²) in [5, 5.41) is 15.5. The van der Waals surface area contributed by atoms with Gasteiger partial charge in [0.2, 0.25) is 11.8 Å². The summed E-state index contributed by atoms with van der Waals surface area (Å²) in [4.78, 5) is 42.8. The second-order valence-corrected chi connectivity index (χ2v) is 11.4. The number of rotatable bonds is 10. The topological polar surface area (TPSA) is 108 Å². The van der Waals surface area contributed by atoms with Gasteiger partial charge < -0.3 is 25.4 Å². The highest BCUT2D eigenvalue weighted by Crippen LogP contribution is 2.36. The first-order chi connectivity index (χ1) is 20.0. The van der Waals surface area contributed by atoms with Crippen LogP contribution >= 0.6 is 0 Å². The summed E-state index contributed by atoms with van der Waals surface area (Å²) in [7, 11) is 0. The van der Waals surface area contributed by atoms with Crippen LogP contribution in [0.5, 0.6) is 5.75 Å². The summed E-state index contributed by atoms with van der Waals surface area (Å²) in [6, 6.07) is 20.8. The van der Waals surface area contributed by atoms with Crippen molar-refractivity contribution in [3.63, 3.8) is 0 Å². The monoisotopic (exact) mass is 567 g/mol. The van der Waals surface area contributed by atoms with Crippen LogP contribution < -0.4 is 10.6 Å². The lowest BCUT2D eigenvalue weighted by Gasteiger charge is -2.35. The minimum absolute atomic E-state index is 0.0897. The van der Waals surface area contributed by atoms with E-state index < -0.39 is 29.7 Å². The summed E-state index contributed by atoms with van der Waals surface area (Å²) >= 11 is 0. The molecule has 2 unspecified atom stereocenters. The van der Waals surface area contributed by atoms with Gasteiger partial charge in [-0.3, -0.25) is 9.59 Å². The van der Waals surface area contributed by atoms with Crippen molar-refractivity contribution in [1.29, 1.82) is 0 Å². The zero-order valence-electron chi connectivity index (χ0n) is 24.2. The van der Waals surface area contributed by atoms with Crippen molar-refractivity contribution < 1.29 is 24.2 Å². The lowest BCUT2D eigenvalue weighted by atomic mass is 9.99. The van der Waals surface area contributed by atoms with Gasteiger partial charge in [-0.1, -0.05) is 60.5 Å². The van der Waals surface area contributed by atoms with E-state index in [0.717, 1.165) is 24.0 Å². The Hall–Kier alpha value is -4.77. The minimum atomic E-state index is -1.03. The van der Waals surface area contributed by atoms with Gasteiger partial charge in [0.25, 0.3) is 0 Å². The Kier molecular flexibility index (Phi) is 9.53. The molecule has 4 rings (SSSR count). The van der Waals surface area contributed by atoms with Crippen LogP contribution in [-0.4, -0.2) is 45.6 Å². The predicted octanol–water partition coefficient (Wildman–Crippen LogP) is 4.86. The molecule has 0 spiro atoms. The number of aromatic hydroxyl groups is 1. The Morgan fingerprint density at radius 2 is 1.62 bits per heavy atom. The van der Waals surface area contributed by atoms with Gasteiger partial charge in [-0.25, -0.2) is 4.79 Å². The van der Waals surface area contributed by atoms with Crippen molar-refractivity contribution >= 4 is 17.9 Å². The predicted molar refractivity (Wildman–Crippen MR) is 160 cm³/mol. The van der Waals surface area contributed by atoms with Crippen LogP contribution in [0.4, 0.5) is 4.79 Å². The molecule has 0 heterocycles. The molecule has 42 heavy (non-hydrogen) atoms. The Balaban J connectivity index is 1.68. The molecule has 0 saturated heterocycles. The molecule has 0 aliphatic heterocycles. The lowest BCUT2D eigenvalue weighted by Crippen LogP contribution is -2.54. The number of alkyl carbamates (subject to hydrolysis) is 1. The highest BCUT2D eigenvalue weighted by molar-refractivity contribution is 5.92. The molecule has 0 bridgehead atoms. The Morgan fingerprint density at radius 1 is 0.976 bits per heavy atom. The number of carbonyl (C=O) groups is 3. The molecule has 1 aliphatic carbocycles. The number of benzene rings is 3. The third-order valence-electron chi connectivity index (χ3n) is 6.79. The Bertz CT molecular complexity index is 1420. The number of hydrogen-bond donors (Lipinski definition) is 3. The first kappa shape index (κ1) is 30.2. The number of phenols is 1. The van der Waals surface area contributed by atoms with Gasteiger partial charge >= 0.3 is 6.09 Å². The van der Waals surface area contributed by atoms with Crippen molar-refractivity contribution in [2.45, 2.75) is 70.3 Å². The molecular weight excluding hydrogens is 530 g/mol. The number of hydrogen-bond acceptors (Lipinski definition) is 5. The zero-order chi connectivity index (χ0) is 30.3. The summed E-state index contributed by atoms with van der Waals surface area (Å²) in [6.45, 7) is 5.52. The van der Waals surface area contributed by atoms with Gasteiger partial charge in [0.15, 0.2) is 0 Å². The normalized spacial score (nSPS) is 14.1. The van der Waals surface area contributed by atoms with Crippen molar-refractivity contribution in [2.24, 2.45) is 0 Å². The molecule has 2 atom stereocenters. The molecule has 8 nitrogen and oxygen atoms in total. The molecule has 3 amide bonds. The molecule has 1 saturated carbocycles. The largest absolute Gasteiger partial charge is 0.508 e. The van der Waals surface area contributed by atoms with Crippen LogP contribution in [0.1, 0.15) is 61.9 Å². The van der Waals surface area contributed by atoms with Crippen molar-refractivity contribution in [1.82, 2.24) is 15.5 Å². The van der Waals surface area contributed by atoms with E-state index in [2.05, 4.69) is 16.6 Å². The van der Waals surface area contributed by atoms with Crippen molar-refractivity contribution in [3.05, 3.63) is 101 Å². The van der Waals surface area contributed by atoms with E-state index in [0.29, 0.717) is 17.7 Å². The maximum Gasteiger partial charge on any atom is 0.408 e. The van der Waals surface area contributed by atoms with Crippen LogP contribution in [0.15, 0.2) is 78.9 Å². The third kappa shape index (κ3) is 8.37. The van der Waals surface area contributed by atoms with Crippen molar-refractivity contribution in [3.8, 4) is 18.1 Å². The van der Waals surface area contributed by atoms with Crippen molar-refractivity contribution in [2.75, 3.05) is 0 Å². The summed E-state index contributed by atoms with van der Waals surface area (Å²) in [6.07, 6.45) is 6.43. The number of carbonyl (C=O) groups excluding carboxylic acids is 3. The zero-order valence-corrected chi connectivity index (χ0v) is 24.2. The number of nitrogens with one attached hydrogen (secondary N) is 2. The van der Waals surface area contributed by atoms with Crippen LogP contribution in [0.2, 0.25) is 0 Å². The number of phenolic OH excluding ortho intramolecular Hbond substituents is 1. The molecular formula is C34H37N3O5. The Labute approximate surface area is 247 Å². The van der Waals surface area contributed by atoms with Gasteiger partial charge in [0.1, 0.15) is 23.4 Å². The first-order valence-electron chi connectivity index (χ1n) is 14.0. The van der Waals surface area contributed by atoms with E-state index in [1.165, 1.54) is 12.1 Å². The quantitative estimate of drug-likeness (QED) is 0.304. The van der Waals surface area contributed by atoms with E-state index >= 15 is 0 Å². The maximum atomic E-state index is 14.4. The number of amides is 3. The van der Waals surface area contributed by atoms with Crippen LogP contribution in [-0.2, 0) is 27.3 Å². The molecule has 1 fully saturated rings. The number of nitrogens with zero attached hydrogens (tertiary/aromatic N) is 1. The second-order valence-electron chi connectivity index (χ2n) is 11.4. The molecule has 0 radical (unpaired) electrons. The average Bonchev–Trinajstić information content (AvgIpc) is 3.80. The van der Waals surface area contributed by atoms with Gasteiger partial charge in [-0.2, -0.15) is 0 Å². The maximum absolute atomic E-state index is 14.4. The highest BCUT2D eigenvalue weighted by Gasteiger charge is 2.44. The summed E-state index contributed by atoms with van der Waals surface area (Å²) < 4.78 is 5.48. The fourth-order valence-electron chi connectivity index (χ4n) is 4.65. The van der Waals surface area contributed by atoms with E-state index in [-0.39, 0.29) is 24.1 Å². The molecule has 0 aromatic heterocycles. The molecule has 8 heteroatoms. The summed E-state index contributed by atoms with van der Waals surface area (Å²) in [5.74, 6) is 1.93. The van der Waals surface area contributed by atoms with Crippen LogP contribution in [0.3, 0.4) is 0 Å². The SMILES string of the molecule is C#Cc1ccc(C(C(=O)NCc2ccccc2)N(C(=O)C(Cc2ccc(O)cc2)NC(=O)OC(C)(C)C)C2CC2)cc1. The minimum Gasteiger partial charge on any atom is -0.508 e. The van der Waals surface area contributed by atoms with E-state index in [1.54, 1.807) is 62.1 Å². The van der Waals surface area contributed by atoms with Gasteiger partial charge in [0, 0.05) is 24.6 Å². The second kappa shape index (κ2) is 13.3.